The Morgan fingerprint density at radius 3 is 2.72 bits per heavy atom. The van der Waals surface area contributed by atoms with Crippen LogP contribution in [0.4, 0.5) is 13.2 Å². The van der Waals surface area contributed by atoms with Crippen molar-refractivity contribution in [2.45, 2.75) is 25.9 Å². The van der Waals surface area contributed by atoms with Crippen molar-refractivity contribution in [2.75, 3.05) is 19.6 Å². The number of nitrogens with one attached hydrogen (secondary N) is 1. The Balaban J connectivity index is 2.25. The molecule has 0 aliphatic carbocycles. The highest BCUT2D eigenvalue weighted by molar-refractivity contribution is 5.23. The van der Waals surface area contributed by atoms with E-state index in [4.69, 9.17) is 0 Å². The minimum atomic E-state index is -1.12. The molecule has 1 aromatic carbocycles. The van der Waals surface area contributed by atoms with Gasteiger partial charge >= 0.3 is 0 Å². The Labute approximate surface area is 105 Å². The number of hydrogen-bond acceptors (Lipinski definition) is 2. The molecule has 2 atom stereocenters. The summed E-state index contributed by atoms with van der Waals surface area (Å²) in [5.74, 6) is -2.81. The second-order valence-electron chi connectivity index (χ2n) is 4.82. The highest BCUT2D eigenvalue weighted by Gasteiger charge is 2.25. The van der Waals surface area contributed by atoms with E-state index < -0.39 is 17.5 Å². The van der Waals surface area contributed by atoms with Crippen LogP contribution in [-0.4, -0.2) is 30.6 Å². The zero-order chi connectivity index (χ0) is 13.3. The van der Waals surface area contributed by atoms with Crippen LogP contribution in [0.5, 0.6) is 0 Å². The fourth-order valence-corrected chi connectivity index (χ4v) is 2.39. The van der Waals surface area contributed by atoms with E-state index in [1.807, 2.05) is 11.8 Å². The van der Waals surface area contributed by atoms with Gasteiger partial charge in [0.15, 0.2) is 11.6 Å². The predicted octanol–water partition coefficient (Wildman–Crippen LogP) is 2.46. The van der Waals surface area contributed by atoms with Crippen LogP contribution in [-0.2, 0) is 0 Å². The minimum Gasteiger partial charge on any atom is -0.312 e. The average molecular weight is 258 g/mol. The molecule has 0 aromatic heterocycles. The van der Waals surface area contributed by atoms with Gasteiger partial charge in [0, 0.05) is 43.3 Å². The summed E-state index contributed by atoms with van der Waals surface area (Å²) in [6.45, 7) is 6.07. The van der Waals surface area contributed by atoms with Gasteiger partial charge < -0.3 is 5.32 Å². The van der Waals surface area contributed by atoms with Crippen molar-refractivity contribution in [1.29, 1.82) is 0 Å². The van der Waals surface area contributed by atoms with Crippen molar-refractivity contribution in [2.24, 2.45) is 0 Å². The normalized spacial score (nSPS) is 23.1. The van der Waals surface area contributed by atoms with E-state index in [-0.39, 0.29) is 11.6 Å². The van der Waals surface area contributed by atoms with Crippen LogP contribution in [0.2, 0.25) is 0 Å². The molecule has 2 rings (SSSR count). The molecule has 5 heteroatoms. The van der Waals surface area contributed by atoms with Crippen LogP contribution < -0.4 is 5.32 Å². The molecule has 1 aromatic rings. The third kappa shape index (κ3) is 2.67. The van der Waals surface area contributed by atoms with Gasteiger partial charge in [-0.25, -0.2) is 13.2 Å². The first-order valence-corrected chi connectivity index (χ1v) is 6.11. The summed E-state index contributed by atoms with van der Waals surface area (Å²) in [5.41, 5.74) is 0.0848. The molecule has 1 fully saturated rings. The molecular weight excluding hydrogens is 241 g/mol. The lowest BCUT2D eigenvalue weighted by Gasteiger charge is -2.36. The summed E-state index contributed by atoms with van der Waals surface area (Å²) >= 11 is 0. The molecule has 18 heavy (non-hydrogen) atoms. The molecular formula is C13H17F3N2. The third-order valence-electron chi connectivity index (χ3n) is 3.42. The summed E-state index contributed by atoms with van der Waals surface area (Å²) in [7, 11) is 0. The number of piperazine rings is 1. The summed E-state index contributed by atoms with van der Waals surface area (Å²) in [6.07, 6.45) is 0. The first kappa shape index (κ1) is 13.4. The van der Waals surface area contributed by atoms with E-state index in [1.54, 1.807) is 6.92 Å². The number of halogens is 3. The highest BCUT2D eigenvalue weighted by atomic mass is 19.2. The summed E-state index contributed by atoms with van der Waals surface area (Å²) in [4.78, 5) is 2.03. The largest absolute Gasteiger partial charge is 0.312 e. The maximum atomic E-state index is 13.7. The second-order valence-corrected chi connectivity index (χ2v) is 4.82. The smallest absolute Gasteiger partial charge is 0.163 e. The minimum absolute atomic E-state index is 0.0848. The lowest BCUT2D eigenvalue weighted by atomic mass is 10.0. The average Bonchev–Trinajstić information content (AvgIpc) is 2.33. The van der Waals surface area contributed by atoms with Crippen LogP contribution in [0.1, 0.15) is 25.5 Å². The molecule has 1 saturated heterocycles. The molecule has 0 saturated carbocycles. The van der Waals surface area contributed by atoms with E-state index in [0.717, 1.165) is 25.7 Å². The number of benzene rings is 1. The van der Waals surface area contributed by atoms with Crippen LogP contribution in [0.25, 0.3) is 0 Å². The molecule has 1 N–H and O–H groups in total. The standard InChI is InChI=1S/C13H17F3N2/c1-8-7-18(4-3-17-8)9(2)11-5-10(14)6-12(15)13(11)16/h5-6,8-9,17H,3-4,7H2,1-2H3/t8-,9?/m1/s1. The second kappa shape index (κ2) is 5.28. The molecule has 1 aliphatic heterocycles. The van der Waals surface area contributed by atoms with Gasteiger partial charge in [-0.2, -0.15) is 0 Å². The van der Waals surface area contributed by atoms with Crippen molar-refractivity contribution in [3.8, 4) is 0 Å². The van der Waals surface area contributed by atoms with Crippen LogP contribution in [0, 0.1) is 17.5 Å². The quantitative estimate of drug-likeness (QED) is 0.820. The van der Waals surface area contributed by atoms with Crippen LogP contribution in [0.15, 0.2) is 12.1 Å². The highest BCUT2D eigenvalue weighted by Crippen LogP contribution is 2.26. The Bertz CT molecular complexity index is 436. The zero-order valence-corrected chi connectivity index (χ0v) is 10.5. The molecule has 1 heterocycles. The SMILES string of the molecule is CC(c1cc(F)cc(F)c1F)N1CCN[C@H](C)C1. The van der Waals surface area contributed by atoms with Gasteiger partial charge in [-0.3, -0.25) is 4.90 Å². The Morgan fingerprint density at radius 2 is 2.06 bits per heavy atom. The van der Waals surface area contributed by atoms with E-state index >= 15 is 0 Å². The summed E-state index contributed by atoms with van der Waals surface area (Å²) in [6, 6.07) is 1.62. The van der Waals surface area contributed by atoms with Crippen molar-refractivity contribution in [3.05, 3.63) is 35.1 Å². The van der Waals surface area contributed by atoms with Gasteiger partial charge in [-0.05, 0) is 19.9 Å². The lowest BCUT2D eigenvalue weighted by Crippen LogP contribution is -2.49. The molecule has 1 aliphatic rings. The van der Waals surface area contributed by atoms with Gasteiger partial charge in [0.05, 0.1) is 0 Å². The summed E-state index contributed by atoms with van der Waals surface area (Å²) in [5, 5.41) is 3.27. The molecule has 0 spiro atoms. The lowest BCUT2D eigenvalue weighted by molar-refractivity contribution is 0.155. The Morgan fingerprint density at radius 1 is 1.33 bits per heavy atom. The van der Waals surface area contributed by atoms with Crippen molar-refractivity contribution < 1.29 is 13.2 Å². The number of nitrogens with zero attached hydrogens (tertiary/aromatic N) is 1. The van der Waals surface area contributed by atoms with Gasteiger partial charge in [-0.15, -0.1) is 0 Å². The van der Waals surface area contributed by atoms with E-state index in [2.05, 4.69) is 5.32 Å². The fraction of sp³-hybridized carbons (Fsp3) is 0.538. The predicted molar refractivity (Wildman–Crippen MR) is 63.8 cm³/mol. The molecule has 1 unspecified atom stereocenters. The topological polar surface area (TPSA) is 15.3 Å². The maximum Gasteiger partial charge on any atom is 0.163 e. The first-order valence-electron chi connectivity index (χ1n) is 6.11. The van der Waals surface area contributed by atoms with Gasteiger partial charge in [0.1, 0.15) is 5.82 Å². The van der Waals surface area contributed by atoms with Crippen molar-refractivity contribution in [3.63, 3.8) is 0 Å². The zero-order valence-electron chi connectivity index (χ0n) is 10.5. The molecule has 100 valence electrons. The fourth-order valence-electron chi connectivity index (χ4n) is 2.39. The molecule has 0 radical (unpaired) electrons. The molecule has 0 bridgehead atoms. The number of rotatable bonds is 2. The molecule has 0 amide bonds. The third-order valence-corrected chi connectivity index (χ3v) is 3.42. The van der Waals surface area contributed by atoms with Crippen LogP contribution >= 0.6 is 0 Å². The Kier molecular flexibility index (Phi) is 3.92. The van der Waals surface area contributed by atoms with Gasteiger partial charge in [0.25, 0.3) is 0 Å². The first-order chi connectivity index (χ1) is 8.49. The van der Waals surface area contributed by atoms with Crippen molar-refractivity contribution >= 4 is 0 Å². The monoisotopic (exact) mass is 258 g/mol. The van der Waals surface area contributed by atoms with E-state index in [0.29, 0.717) is 12.1 Å². The van der Waals surface area contributed by atoms with Gasteiger partial charge in [-0.1, -0.05) is 0 Å². The van der Waals surface area contributed by atoms with Gasteiger partial charge in [0.2, 0.25) is 0 Å². The van der Waals surface area contributed by atoms with E-state index in [9.17, 15) is 13.2 Å². The molecule has 2 nitrogen and oxygen atoms in total. The van der Waals surface area contributed by atoms with Crippen molar-refractivity contribution in [1.82, 2.24) is 10.2 Å². The van der Waals surface area contributed by atoms with Crippen LogP contribution in [0.3, 0.4) is 0 Å². The summed E-state index contributed by atoms with van der Waals surface area (Å²) < 4.78 is 40.1. The number of hydrogen-bond donors (Lipinski definition) is 1. The maximum absolute atomic E-state index is 13.7. The van der Waals surface area contributed by atoms with E-state index in [1.165, 1.54) is 0 Å². The Hall–Kier alpha value is -1.07.